The molecule has 0 radical (unpaired) electrons. The average Bonchev–Trinajstić information content (AvgIpc) is 2.96. The van der Waals surface area contributed by atoms with Crippen LogP contribution in [0.2, 0.25) is 0 Å². The van der Waals surface area contributed by atoms with Crippen LogP contribution in [0.25, 0.3) is 0 Å². The number of aromatic nitrogens is 3. The van der Waals surface area contributed by atoms with Gasteiger partial charge in [-0.25, -0.2) is 13.4 Å². The molecule has 6 nitrogen and oxygen atoms in total. The van der Waals surface area contributed by atoms with Gasteiger partial charge in [0, 0.05) is 25.1 Å². The Hall–Kier alpha value is -1.73. The van der Waals surface area contributed by atoms with Gasteiger partial charge in [0.25, 0.3) is 0 Å². The van der Waals surface area contributed by atoms with Gasteiger partial charge in [-0.05, 0) is 31.0 Å². The lowest BCUT2D eigenvalue weighted by atomic mass is 9.99. The van der Waals surface area contributed by atoms with E-state index < -0.39 is 9.84 Å². The SMILES string of the molecule is CS(=O)(=O)c1ccccc1Cc1nc(C2CCCNC2)n[nH]1. The lowest BCUT2D eigenvalue weighted by molar-refractivity contribution is 0.447. The number of piperidine rings is 1. The van der Waals surface area contributed by atoms with Crippen molar-refractivity contribution in [3.63, 3.8) is 0 Å². The summed E-state index contributed by atoms with van der Waals surface area (Å²) in [5.74, 6) is 1.86. The van der Waals surface area contributed by atoms with Gasteiger partial charge >= 0.3 is 0 Å². The fourth-order valence-corrected chi connectivity index (χ4v) is 3.78. The third-order valence-electron chi connectivity index (χ3n) is 3.94. The van der Waals surface area contributed by atoms with E-state index in [0.717, 1.165) is 37.3 Å². The summed E-state index contributed by atoms with van der Waals surface area (Å²) in [6, 6.07) is 7.03. The van der Waals surface area contributed by atoms with E-state index in [-0.39, 0.29) is 0 Å². The highest BCUT2D eigenvalue weighted by atomic mass is 32.2. The minimum absolute atomic E-state index is 0.337. The molecule has 2 heterocycles. The maximum Gasteiger partial charge on any atom is 0.175 e. The summed E-state index contributed by atoms with van der Waals surface area (Å²) in [5, 5.41) is 10.6. The van der Waals surface area contributed by atoms with E-state index in [4.69, 9.17) is 0 Å². The van der Waals surface area contributed by atoms with Crippen LogP contribution in [0.1, 0.15) is 36.0 Å². The predicted molar refractivity (Wildman–Crippen MR) is 83.6 cm³/mol. The van der Waals surface area contributed by atoms with Crippen molar-refractivity contribution in [2.75, 3.05) is 19.3 Å². The second kappa shape index (κ2) is 6.18. The summed E-state index contributed by atoms with van der Waals surface area (Å²) in [6.45, 7) is 1.95. The number of aromatic amines is 1. The van der Waals surface area contributed by atoms with Gasteiger partial charge in [0.15, 0.2) is 15.7 Å². The van der Waals surface area contributed by atoms with Gasteiger partial charge in [-0.3, -0.25) is 5.10 Å². The molecule has 0 spiro atoms. The quantitative estimate of drug-likeness (QED) is 0.885. The molecule has 1 aliphatic rings. The first-order valence-electron chi connectivity index (χ1n) is 7.44. The Morgan fingerprint density at radius 3 is 2.86 bits per heavy atom. The number of hydrogen-bond acceptors (Lipinski definition) is 5. The Balaban J connectivity index is 1.81. The van der Waals surface area contributed by atoms with Crippen LogP contribution >= 0.6 is 0 Å². The summed E-state index contributed by atoms with van der Waals surface area (Å²) in [4.78, 5) is 4.90. The van der Waals surface area contributed by atoms with Gasteiger partial charge in [-0.15, -0.1) is 0 Å². The normalized spacial score (nSPS) is 19.2. The van der Waals surface area contributed by atoms with Crippen LogP contribution in [0.15, 0.2) is 29.2 Å². The van der Waals surface area contributed by atoms with Crippen LogP contribution in [0.5, 0.6) is 0 Å². The molecule has 1 aromatic heterocycles. The number of sulfone groups is 1. The topological polar surface area (TPSA) is 87.7 Å². The van der Waals surface area contributed by atoms with E-state index in [1.54, 1.807) is 12.1 Å². The van der Waals surface area contributed by atoms with Crippen molar-refractivity contribution >= 4 is 9.84 Å². The zero-order chi connectivity index (χ0) is 15.6. The number of hydrogen-bond donors (Lipinski definition) is 2. The molecule has 0 aliphatic carbocycles. The molecule has 1 saturated heterocycles. The number of H-pyrrole nitrogens is 1. The molecule has 2 aromatic rings. The first-order valence-corrected chi connectivity index (χ1v) is 9.33. The molecule has 1 unspecified atom stereocenters. The van der Waals surface area contributed by atoms with Crippen LogP contribution < -0.4 is 5.32 Å². The minimum atomic E-state index is -3.24. The maximum absolute atomic E-state index is 11.8. The van der Waals surface area contributed by atoms with Gasteiger partial charge in [0.05, 0.1) is 4.90 Å². The van der Waals surface area contributed by atoms with Crippen LogP contribution in [0, 0.1) is 0 Å². The molecule has 1 aliphatic heterocycles. The summed E-state index contributed by atoms with van der Waals surface area (Å²) < 4.78 is 23.7. The third kappa shape index (κ3) is 3.36. The smallest absolute Gasteiger partial charge is 0.175 e. The van der Waals surface area contributed by atoms with Gasteiger partial charge in [0.2, 0.25) is 0 Å². The van der Waals surface area contributed by atoms with E-state index in [9.17, 15) is 8.42 Å². The zero-order valence-electron chi connectivity index (χ0n) is 12.5. The Labute approximate surface area is 130 Å². The highest BCUT2D eigenvalue weighted by molar-refractivity contribution is 7.90. The van der Waals surface area contributed by atoms with Crippen molar-refractivity contribution in [3.8, 4) is 0 Å². The third-order valence-corrected chi connectivity index (χ3v) is 5.14. The number of benzene rings is 1. The van der Waals surface area contributed by atoms with Crippen molar-refractivity contribution in [1.29, 1.82) is 0 Å². The van der Waals surface area contributed by atoms with Crippen LogP contribution in [0.3, 0.4) is 0 Å². The number of nitrogens with zero attached hydrogens (tertiary/aromatic N) is 2. The van der Waals surface area contributed by atoms with Gasteiger partial charge in [-0.1, -0.05) is 18.2 Å². The van der Waals surface area contributed by atoms with Crippen molar-refractivity contribution in [1.82, 2.24) is 20.5 Å². The van der Waals surface area contributed by atoms with E-state index in [2.05, 4.69) is 20.5 Å². The number of rotatable bonds is 4. The summed E-state index contributed by atoms with van der Waals surface area (Å²) in [6.07, 6.45) is 3.89. The molecule has 118 valence electrons. The van der Waals surface area contributed by atoms with Crippen molar-refractivity contribution < 1.29 is 8.42 Å². The molecule has 1 fully saturated rings. The molecule has 2 N–H and O–H groups in total. The van der Waals surface area contributed by atoms with Crippen LogP contribution in [-0.4, -0.2) is 42.9 Å². The maximum atomic E-state index is 11.8. The predicted octanol–water partition coefficient (Wildman–Crippen LogP) is 1.27. The molecule has 3 rings (SSSR count). The molecule has 0 bridgehead atoms. The molecule has 0 amide bonds. The Morgan fingerprint density at radius 2 is 2.14 bits per heavy atom. The molecular weight excluding hydrogens is 300 g/mol. The second-order valence-electron chi connectivity index (χ2n) is 5.74. The Bertz CT molecular complexity index is 748. The highest BCUT2D eigenvalue weighted by Crippen LogP contribution is 2.21. The first kappa shape index (κ1) is 15.2. The van der Waals surface area contributed by atoms with E-state index in [1.807, 2.05) is 12.1 Å². The number of nitrogens with one attached hydrogen (secondary N) is 2. The minimum Gasteiger partial charge on any atom is -0.316 e. The Kier molecular flexibility index (Phi) is 4.26. The van der Waals surface area contributed by atoms with Gasteiger partial charge < -0.3 is 5.32 Å². The molecular formula is C15H20N4O2S. The monoisotopic (exact) mass is 320 g/mol. The lowest BCUT2D eigenvalue weighted by Crippen LogP contribution is -2.28. The summed E-state index contributed by atoms with van der Waals surface area (Å²) in [7, 11) is -3.24. The zero-order valence-corrected chi connectivity index (χ0v) is 13.4. The fourth-order valence-electron chi connectivity index (χ4n) is 2.84. The second-order valence-corrected chi connectivity index (χ2v) is 7.72. The summed E-state index contributed by atoms with van der Waals surface area (Å²) in [5.41, 5.74) is 0.745. The fraction of sp³-hybridized carbons (Fsp3) is 0.467. The first-order chi connectivity index (χ1) is 10.5. The van der Waals surface area contributed by atoms with Crippen molar-refractivity contribution in [2.45, 2.75) is 30.1 Å². The molecule has 1 aromatic carbocycles. The standard InChI is InChI=1S/C15H20N4O2S/c1-22(20,21)13-7-3-2-5-11(13)9-14-17-15(19-18-14)12-6-4-8-16-10-12/h2-3,5,7,12,16H,4,6,8-10H2,1H3,(H,17,18,19). The van der Waals surface area contributed by atoms with E-state index in [0.29, 0.717) is 23.1 Å². The van der Waals surface area contributed by atoms with E-state index in [1.165, 1.54) is 6.26 Å². The van der Waals surface area contributed by atoms with Gasteiger partial charge in [0.1, 0.15) is 5.82 Å². The molecule has 7 heteroatoms. The van der Waals surface area contributed by atoms with Gasteiger partial charge in [-0.2, -0.15) is 5.10 Å². The molecule has 22 heavy (non-hydrogen) atoms. The average molecular weight is 320 g/mol. The van der Waals surface area contributed by atoms with E-state index >= 15 is 0 Å². The van der Waals surface area contributed by atoms with Crippen molar-refractivity contribution in [3.05, 3.63) is 41.5 Å². The molecule has 1 atom stereocenters. The van der Waals surface area contributed by atoms with Crippen molar-refractivity contribution in [2.24, 2.45) is 0 Å². The van der Waals surface area contributed by atoms with Crippen LogP contribution in [-0.2, 0) is 16.3 Å². The Morgan fingerprint density at radius 1 is 1.32 bits per heavy atom. The van der Waals surface area contributed by atoms with Crippen LogP contribution in [0.4, 0.5) is 0 Å². The summed E-state index contributed by atoms with van der Waals surface area (Å²) >= 11 is 0. The highest BCUT2D eigenvalue weighted by Gasteiger charge is 2.20. The molecule has 0 saturated carbocycles. The largest absolute Gasteiger partial charge is 0.316 e. The lowest BCUT2D eigenvalue weighted by Gasteiger charge is -2.19.